The van der Waals surface area contributed by atoms with Crippen LogP contribution in [0.5, 0.6) is 11.5 Å². The third-order valence-corrected chi connectivity index (χ3v) is 3.56. The summed E-state index contributed by atoms with van der Waals surface area (Å²) >= 11 is 0. The molecule has 0 bridgehead atoms. The van der Waals surface area contributed by atoms with Gasteiger partial charge in [0.2, 0.25) is 0 Å². The van der Waals surface area contributed by atoms with Crippen LogP contribution in [0.1, 0.15) is 11.6 Å². The van der Waals surface area contributed by atoms with Gasteiger partial charge in [-0.05, 0) is 17.7 Å². The molecule has 0 saturated carbocycles. The van der Waals surface area contributed by atoms with Gasteiger partial charge in [0, 0.05) is 32.7 Å². The third-order valence-electron chi connectivity index (χ3n) is 3.56. The lowest BCUT2D eigenvalue weighted by Crippen LogP contribution is -2.35. The van der Waals surface area contributed by atoms with Crippen LogP contribution in [0.2, 0.25) is 0 Å². The molecule has 1 heterocycles. The highest BCUT2D eigenvalue weighted by Gasteiger charge is 2.27. The molecular formula is C14H21N3O3. The number of urea groups is 1. The molecule has 0 radical (unpaired) electrons. The van der Waals surface area contributed by atoms with Gasteiger partial charge in [-0.2, -0.15) is 0 Å². The first kappa shape index (κ1) is 14.5. The lowest BCUT2D eigenvalue weighted by molar-refractivity contribution is 0.196. The predicted molar refractivity (Wildman–Crippen MR) is 76.1 cm³/mol. The maximum atomic E-state index is 11.8. The smallest absolute Gasteiger partial charge is 0.319 e. The summed E-state index contributed by atoms with van der Waals surface area (Å²) in [6, 6.07) is 5.36. The molecule has 0 aromatic heterocycles. The molecule has 2 amide bonds. The standard InChI is InChI=1S/C14H21N3O3/c1-16-6-7-17(14(16)18)9-11(15)10-4-5-12(19-2)13(8-10)20-3/h4-5,8,11H,6-7,9,15H2,1-3H3. The van der Waals surface area contributed by atoms with Crippen LogP contribution in [0.25, 0.3) is 0 Å². The van der Waals surface area contributed by atoms with Crippen molar-refractivity contribution in [1.29, 1.82) is 0 Å². The van der Waals surface area contributed by atoms with Crippen molar-refractivity contribution in [3.63, 3.8) is 0 Å². The van der Waals surface area contributed by atoms with E-state index in [-0.39, 0.29) is 12.1 Å². The van der Waals surface area contributed by atoms with E-state index in [1.807, 2.05) is 18.2 Å². The normalized spacial score (nSPS) is 16.5. The molecule has 2 N–H and O–H groups in total. The average Bonchev–Trinajstić information content (AvgIpc) is 2.78. The lowest BCUT2D eigenvalue weighted by Gasteiger charge is -2.21. The van der Waals surface area contributed by atoms with Crippen molar-refractivity contribution in [3.8, 4) is 11.5 Å². The van der Waals surface area contributed by atoms with Crippen LogP contribution in [-0.2, 0) is 0 Å². The van der Waals surface area contributed by atoms with Gasteiger partial charge < -0.3 is 25.0 Å². The maximum Gasteiger partial charge on any atom is 0.319 e. The summed E-state index contributed by atoms with van der Waals surface area (Å²) in [5.41, 5.74) is 7.11. The molecule has 20 heavy (non-hydrogen) atoms. The summed E-state index contributed by atoms with van der Waals surface area (Å²) in [5.74, 6) is 1.31. The molecule has 1 aliphatic heterocycles. The van der Waals surface area contributed by atoms with Crippen LogP contribution < -0.4 is 15.2 Å². The summed E-state index contributed by atoms with van der Waals surface area (Å²) in [6.45, 7) is 1.96. The quantitative estimate of drug-likeness (QED) is 0.875. The molecule has 0 aliphatic carbocycles. The number of ether oxygens (including phenoxy) is 2. The van der Waals surface area contributed by atoms with Gasteiger partial charge in [-0.1, -0.05) is 6.07 Å². The number of hydrogen-bond acceptors (Lipinski definition) is 4. The summed E-state index contributed by atoms with van der Waals surface area (Å²) in [7, 11) is 4.98. The first-order valence-corrected chi connectivity index (χ1v) is 6.54. The van der Waals surface area contributed by atoms with E-state index in [4.69, 9.17) is 15.2 Å². The number of carbonyl (C=O) groups excluding carboxylic acids is 1. The Kier molecular flexibility index (Phi) is 4.34. The minimum Gasteiger partial charge on any atom is -0.493 e. The predicted octanol–water partition coefficient (Wildman–Crippen LogP) is 1.07. The zero-order valence-electron chi connectivity index (χ0n) is 12.1. The van der Waals surface area contributed by atoms with Gasteiger partial charge in [0.1, 0.15) is 0 Å². The van der Waals surface area contributed by atoms with Gasteiger partial charge in [-0.3, -0.25) is 0 Å². The molecule has 0 spiro atoms. The van der Waals surface area contributed by atoms with Gasteiger partial charge in [-0.15, -0.1) is 0 Å². The van der Waals surface area contributed by atoms with Gasteiger partial charge in [0.05, 0.1) is 14.2 Å². The second kappa shape index (κ2) is 6.00. The van der Waals surface area contributed by atoms with Crippen molar-refractivity contribution < 1.29 is 14.3 Å². The van der Waals surface area contributed by atoms with Crippen molar-refractivity contribution in [3.05, 3.63) is 23.8 Å². The van der Waals surface area contributed by atoms with E-state index < -0.39 is 0 Å². The molecule has 1 fully saturated rings. The molecule has 1 unspecified atom stereocenters. The number of rotatable bonds is 5. The Morgan fingerprint density at radius 1 is 1.25 bits per heavy atom. The van der Waals surface area contributed by atoms with Crippen LogP contribution in [0.15, 0.2) is 18.2 Å². The van der Waals surface area contributed by atoms with Crippen molar-refractivity contribution in [2.75, 3.05) is 40.9 Å². The maximum absolute atomic E-state index is 11.8. The zero-order valence-corrected chi connectivity index (χ0v) is 12.1. The Balaban J connectivity index is 2.09. The van der Waals surface area contributed by atoms with E-state index in [1.54, 1.807) is 31.1 Å². The highest BCUT2D eigenvalue weighted by atomic mass is 16.5. The summed E-state index contributed by atoms with van der Waals surface area (Å²) in [4.78, 5) is 15.3. The van der Waals surface area contributed by atoms with Crippen molar-refractivity contribution in [2.45, 2.75) is 6.04 Å². The molecule has 1 aromatic rings. The minimum absolute atomic E-state index is 0.0286. The molecule has 1 aliphatic rings. The first-order chi connectivity index (χ1) is 9.56. The fraction of sp³-hybridized carbons (Fsp3) is 0.500. The SMILES string of the molecule is COc1ccc(C(N)CN2CCN(C)C2=O)cc1OC. The number of hydrogen-bond donors (Lipinski definition) is 1. The van der Waals surface area contributed by atoms with Crippen molar-refractivity contribution >= 4 is 6.03 Å². The van der Waals surface area contributed by atoms with Gasteiger partial charge in [-0.25, -0.2) is 4.79 Å². The number of nitrogens with zero attached hydrogens (tertiary/aromatic N) is 2. The van der Waals surface area contributed by atoms with Crippen LogP contribution in [-0.4, -0.2) is 56.7 Å². The average molecular weight is 279 g/mol. The van der Waals surface area contributed by atoms with E-state index in [0.717, 1.165) is 18.7 Å². The lowest BCUT2D eigenvalue weighted by atomic mass is 10.1. The fourth-order valence-corrected chi connectivity index (χ4v) is 2.30. The number of methoxy groups -OCH3 is 2. The second-order valence-corrected chi connectivity index (χ2v) is 4.87. The van der Waals surface area contributed by atoms with Crippen molar-refractivity contribution in [1.82, 2.24) is 9.80 Å². The molecule has 1 atom stereocenters. The number of likely N-dealkylation sites (N-methyl/N-ethyl adjacent to an activating group) is 1. The van der Waals surface area contributed by atoms with Gasteiger partial charge in [0.25, 0.3) is 0 Å². The molecule has 1 saturated heterocycles. The Hall–Kier alpha value is -1.95. The third kappa shape index (κ3) is 2.80. The Morgan fingerprint density at radius 2 is 1.95 bits per heavy atom. The number of benzene rings is 1. The molecule has 1 aromatic carbocycles. The molecule has 110 valence electrons. The van der Waals surface area contributed by atoms with E-state index in [9.17, 15) is 4.79 Å². The van der Waals surface area contributed by atoms with Gasteiger partial charge in [0.15, 0.2) is 11.5 Å². The topological polar surface area (TPSA) is 68.0 Å². The largest absolute Gasteiger partial charge is 0.493 e. The summed E-state index contributed by atoms with van der Waals surface area (Å²) in [5, 5.41) is 0. The summed E-state index contributed by atoms with van der Waals surface area (Å²) in [6.07, 6.45) is 0. The monoisotopic (exact) mass is 279 g/mol. The van der Waals surface area contributed by atoms with Crippen LogP contribution in [0.3, 0.4) is 0 Å². The number of carbonyl (C=O) groups is 1. The van der Waals surface area contributed by atoms with Gasteiger partial charge >= 0.3 is 6.03 Å². The highest BCUT2D eigenvalue weighted by Crippen LogP contribution is 2.29. The van der Waals surface area contributed by atoms with Crippen LogP contribution in [0.4, 0.5) is 4.79 Å². The van der Waals surface area contributed by atoms with Crippen LogP contribution >= 0.6 is 0 Å². The Bertz CT molecular complexity index is 493. The Morgan fingerprint density at radius 3 is 2.50 bits per heavy atom. The molecule has 2 rings (SSSR count). The van der Waals surface area contributed by atoms with E-state index >= 15 is 0 Å². The summed E-state index contributed by atoms with van der Waals surface area (Å²) < 4.78 is 10.5. The van der Waals surface area contributed by atoms with E-state index in [2.05, 4.69) is 0 Å². The van der Waals surface area contributed by atoms with Crippen molar-refractivity contribution in [2.24, 2.45) is 5.73 Å². The zero-order chi connectivity index (χ0) is 14.7. The number of amides is 2. The molecule has 6 nitrogen and oxygen atoms in total. The molecule has 6 heteroatoms. The number of nitrogens with two attached hydrogens (primary N) is 1. The molecular weight excluding hydrogens is 258 g/mol. The fourth-order valence-electron chi connectivity index (χ4n) is 2.30. The Labute approximate surface area is 119 Å². The second-order valence-electron chi connectivity index (χ2n) is 4.87. The minimum atomic E-state index is -0.245. The van der Waals surface area contributed by atoms with E-state index in [0.29, 0.717) is 18.0 Å². The van der Waals surface area contributed by atoms with Crippen LogP contribution in [0, 0.1) is 0 Å². The first-order valence-electron chi connectivity index (χ1n) is 6.54. The van der Waals surface area contributed by atoms with E-state index in [1.165, 1.54) is 0 Å². The highest BCUT2D eigenvalue weighted by molar-refractivity contribution is 5.76.